The SMILES string of the molecule is CNC(COCC(F)(F)F)Cc1c(C)cccc1C. The maximum Gasteiger partial charge on any atom is 0.411 e. The van der Waals surface area contributed by atoms with E-state index in [1.807, 2.05) is 32.0 Å². The van der Waals surface area contributed by atoms with Crippen LogP contribution in [0, 0.1) is 13.8 Å². The quantitative estimate of drug-likeness (QED) is 0.861. The monoisotopic (exact) mass is 275 g/mol. The summed E-state index contributed by atoms with van der Waals surface area (Å²) >= 11 is 0. The van der Waals surface area contributed by atoms with E-state index in [1.54, 1.807) is 7.05 Å². The Labute approximate surface area is 112 Å². The topological polar surface area (TPSA) is 21.3 Å². The van der Waals surface area contributed by atoms with Gasteiger partial charge in [0.1, 0.15) is 6.61 Å². The first-order chi connectivity index (χ1) is 8.83. The van der Waals surface area contributed by atoms with Crippen LogP contribution >= 0.6 is 0 Å². The van der Waals surface area contributed by atoms with Crippen LogP contribution in [-0.4, -0.2) is 32.5 Å². The fraction of sp³-hybridized carbons (Fsp3) is 0.571. The molecular formula is C14H20F3NO. The standard InChI is InChI=1S/C14H20F3NO/c1-10-5-4-6-11(2)13(10)7-12(18-3)8-19-9-14(15,16)17/h4-6,12,18H,7-9H2,1-3H3. The number of likely N-dealkylation sites (N-methyl/N-ethyl adjacent to an activating group) is 1. The van der Waals surface area contributed by atoms with Crippen molar-refractivity contribution in [1.82, 2.24) is 5.32 Å². The molecule has 0 aliphatic carbocycles. The normalized spacial score (nSPS) is 13.6. The van der Waals surface area contributed by atoms with Crippen molar-refractivity contribution in [3.05, 3.63) is 34.9 Å². The third-order valence-corrected chi connectivity index (χ3v) is 3.09. The fourth-order valence-corrected chi connectivity index (χ4v) is 1.98. The summed E-state index contributed by atoms with van der Waals surface area (Å²) < 4.78 is 40.8. The van der Waals surface area contributed by atoms with E-state index in [-0.39, 0.29) is 12.6 Å². The van der Waals surface area contributed by atoms with E-state index in [1.165, 1.54) is 0 Å². The molecule has 0 amide bonds. The molecule has 19 heavy (non-hydrogen) atoms. The van der Waals surface area contributed by atoms with Gasteiger partial charge < -0.3 is 10.1 Å². The first kappa shape index (κ1) is 16.0. The number of hydrogen-bond acceptors (Lipinski definition) is 2. The molecule has 1 unspecified atom stereocenters. The molecule has 108 valence electrons. The Balaban J connectivity index is 2.57. The van der Waals surface area contributed by atoms with Crippen molar-refractivity contribution in [2.45, 2.75) is 32.5 Å². The van der Waals surface area contributed by atoms with Crippen LogP contribution in [0.25, 0.3) is 0 Å². The number of nitrogens with one attached hydrogen (secondary N) is 1. The molecule has 0 bridgehead atoms. The predicted molar refractivity (Wildman–Crippen MR) is 69.3 cm³/mol. The van der Waals surface area contributed by atoms with Gasteiger partial charge in [-0.25, -0.2) is 0 Å². The van der Waals surface area contributed by atoms with Crippen molar-refractivity contribution < 1.29 is 17.9 Å². The summed E-state index contributed by atoms with van der Waals surface area (Å²) in [5.74, 6) is 0. The van der Waals surface area contributed by atoms with Crippen molar-refractivity contribution in [3.8, 4) is 0 Å². The lowest BCUT2D eigenvalue weighted by Crippen LogP contribution is -2.34. The van der Waals surface area contributed by atoms with Gasteiger partial charge in [-0.15, -0.1) is 0 Å². The average molecular weight is 275 g/mol. The van der Waals surface area contributed by atoms with E-state index in [0.717, 1.165) is 16.7 Å². The van der Waals surface area contributed by atoms with Crippen molar-refractivity contribution in [2.75, 3.05) is 20.3 Å². The third-order valence-electron chi connectivity index (χ3n) is 3.09. The maximum atomic E-state index is 12.0. The second-order valence-electron chi connectivity index (χ2n) is 4.69. The first-order valence-electron chi connectivity index (χ1n) is 6.20. The zero-order chi connectivity index (χ0) is 14.5. The van der Waals surface area contributed by atoms with E-state index in [2.05, 4.69) is 5.32 Å². The van der Waals surface area contributed by atoms with Crippen LogP contribution in [0.1, 0.15) is 16.7 Å². The van der Waals surface area contributed by atoms with Crippen molar-refractivity contribution in [3.63, 3.8) is 0 Å². The van der Waals surface area contributed by atoms with Gasteiger partial charge in [0.15, 0.2) is 0 Å². The van der Waals surface area contributed by atoms with Crippen LogP contribution in [0.4, 0.5) is 13.2 Å². The van der Waals surface area contributed by atoms with Gasteiger partial charge in [-0.1, -0.05) is 18.2 Å². The Morgan fingerprint density at radius 1 is 1.21 bits per heavy atom. The molecule has 1 aromatic rings. The number of rotatable bonds is 6. The molecule has 0 saturated carbocycles. The van der Waals surface area contributed by atoms with Gasteiger partial charge in [-0.3, -0.25) is 0 Å². The summed E-state index contributed by atoms with van der Waals surface area (Å²) in [4.78, 5) is 0. The molecule has 0 aliphatic heterocycles. The molecule has 0 spiro atoms. The minimum Gasteiger partial charge on any atom is -0.370 e. The molecule has 0 fully saturated rings. The maximum absolute atomic E-state index is 12.0. The minimum absolute atomic E-state index is 0.0454. The van der Waals surface area contributed by atoms with Crippen molar-refractivity contribution >= 4 is 0 Å². The molecule has 1 N–H and O–H groups in total. The van der Waals surface area contributed by atoms with Crippen LogP contribution in [0.2, 0.25) is 0 Å². The largest absolute Gasteiger partial charge is 0.411 e. The summed E-state index contributed by atoms with van der Waals surface area (Å²) in [7, 11) is 1.73. The Bertz CT molecular complexity index is 384. The summed E-state index contributed by atoms with van der Waals surface area (Å²) in [6, 6.07) is 5.86. The highest BCUT2D eigenvalue weighted by Gasteiger charge is 2.27. The van der Waals surface area contributed by atoms with Crippen molar-refractivity contribution in [2.24, 2.45) is 0 Å². The first-order valence-corrected chi connectivity index (χ1v) is 6.20. The van der Waals surface area contributed by atoms with E-state index < -0.39 is 12.8 Å². The average Bonchev–Trinajstić information content (AvgIpc) is 2.30. The Morgan fingerprint density at radius 3 is 2.26 bits per heavy atom. The molecule has 0 aliphatic rings. The highest BCUT2D eigenvalue weighted by atomic mass is 19.4. The van der Waals surface area contributed by atoms with Gasteiger partial charge in [-0.05, 0) is 44.0 Å². The van der Waals surface area contributed by atoms with Gasteiger partial charge in [-0.2, -0.15) is 13.2 Å². The van der Waals surface area contributed by atoms with E-state index >= 15 is 0 Å². The van der Waals surface area contributed by atoms with Gasteiger partial charge in [0, 0.05) is 6.04 Å². The molecule has 5 heteroatoms. The zero-order valence-electron chi connectivity index (χ0n) is 11.5. The summed E-state index contributed by atoms with van der Waals surface area (Å²) in [5.41, 5.74) is 3.46. The van der Waals surface area contributed by atoms with Gasteiger partial charge in [0.25, 0.3) is 0 Å². The third kappa shape index (κ3) is 5.61. The number of benzene rings is 1. The van der Waals surface area contributed by atoms with Crippen LogP contribution in [-0.2, 0) is 11.2 Å². The molecule has 0 saturated heterocycles. The zero-order valence-corrected chi connectivity index (χ0v) is 11.5. The number of halogens is 3. The molecule has 0 radical (unpaired) electrons. The summed E-state index contributed by atoms with van der Waals surface area (Å²) in [6.07, 6.45) is -3.61. The highest BCUT2D eigenvalue weighted by molar-refractivity contribution is 5.34. The molecule has 1 rings (SSSR count). The van der Waals surface area contributed by atoms with E-state index in [4.69, 9.17) is 4.74 Å². The number of aryl methyl sites for hydroxylation is 2. The Hall–Kier alpha value is -1.07. The second-order valence-corrected chi connectivity index (χ2v) is 4.69. The molecule has 2 nitrogen and oxygen atoms in total. The Morgan fingerprint density at radius 2 is 1.79 bits per heavy atom. The van der Waals surface area contributed by atoms with E-state index in [9.17, 15) is 13.2 Å². The summed E-state index contributed by atoms with van der Waals surface area (Å²) in [6.45, 7) is 2.86. The molecule has 0 aromatic heterocycles. The van der Waals surface area contributed by atoms with Crippen LogP contribution in [0.15, 0.2) is 18.2 Å². The lowest BCUT2D eigenvalue weighted by Gasteiger charge is -2.19. The molecular weight excluding hydrogens is 255 g/mol. The number of alkyl halides is 3. The smallest absolute Gasteiger partial charge is 0.370 e. The minimum atomic E-state index is -4.27. The predicted octanol–water partition coefficient (Wildman–Crippen LogP) is 3.01. The van der Waals surface area contributed by atoms with Crippen LogP contribution in [0.3, 0.4) is 0 Å². The highest BCUT2D eigenvalue weighted by Crippen LogP contribution is 2.17. The summed E-state index contributed by atoms with van der Waals surface area (Å²) in [5, 5.41) is 3.00. The van der Waals surface area contributed by atoms with Crippen molar-refractivity contribution in [1.29, 1.82) is 0 Å². The second kappa shape index (κ2) is 6.91. The van der Waals surface area contributed by atoms with Gasteiger partial charge in [0.2, 0.25) is 0 Å². The van der Waals surface area contributed by atoms with Crippen LogP contribution < -0.4 is 5.32 Å². The Kier molecular flexibility index (Phi) is 5.82. The molecule has 0 heterocycles. The number of ether oxygens (including phenoxy) is 1. The van der Waals surface area contributed by atoms with Gasteiger partial charge in [0.05, 0.1) is 6.61 Å². The fourth-order valence-electron chi connectivity index (χ4n) is 1.98. The molecule has 1 aromatic carbocycles. The van der Waals surface area contributed by atoms with E-state index in [0.29, 0.717) is 6.42 Å². The lowest BCUT2D eigenvalue weighted by molar-refractivity contribution is -0.175. The lowest BCUT2D eigenvalue weighted by atomic mass is 9.97. The number of hydrogen-bond donors (Lipinski definition) is 1. The molecule has 1 atom stereocenters. The van der Waals surface area contributed by atoms with Gasteiger partial charge >= 0.3 is 6.18 Å². The van der Waals surface area contributed by atoms with Crippen LogP contribution in [0.5, 0.6) is 0 Å².